The fourth-order valence-electron chi connectivity index (χ4n) is 19.9. The number of aliphatic carboxylic acids is 3. The summed E-state index contributed by atoms with van der Waals surface area (Å²) >= 11 is 0. The maximum atomic E-state index is 11.7. The Morgan fingerprint density at radius 3 is 1.13 bits per heavy atom. The van der Waals surface area contributed by atoms with Gasteiger partial charge in [-0.25, -0.2) is 15.0 Å². The van der Waals surface area contributed by atoms with Gasteiger partial charge in [0.25, 0.3) is 0 Å². The Morgan fingerprint density at radius 1 is 0.392 bits per heavy atom. The van der Waals surface area contributed by atoms with Crippen molar-refractivity contribution in [1.29, 1.82) is 0 Å². The zero-order valence-electron chi connectivity index (χ0n) is 74.5. The Morgan fingerprint density at radius 2 is 0.752 bits per heavy atom. The van der Waals surface area contributed by atoms with Crippen LogP contribution in [0, 0.1) is 59.3 Å². The Bertz CT molecular complexity index is 5050. The summed E-state index contributed by atoms with van der Waals surface area (Å²) in [5.74, 6) is 1.06. The standard InChI is InChI=1S/2C35H43N3O5.C32H39N3O4/c2*1-23-6-4-7-28(31-8-5-9-33(36-31)38-15-11-29(35(39)40)32(21-38)41-3)34(23)43-22-25-18-24(2)30-20-37(14-10-26(30)19-25)27-12-16-42-17-13-27;1-21-7-5-8-26(28-9-6-10-30(33-28)35-18-15-27(32(36)37)29(19-35)38-4)31(21)39-20-24-12-11-23-13-16-34(3)17-14-25(23)22(24)2/h2*4-9,18-19,27,29,32H,10-17,20-22H2,1-3H3,(H,39,40);5-12,27,29H,13-20H2,1-4H3,(H,36,37)/t2*29-,32-;27-,29+/m100/s1. The van der Waals surface area contributed by atoms with Gasteiger partial charge in [0.15, 0.2) is 0 Å². The van der Waals surface area contributed by atoms with Crippen LogP contribution < -0.4 is 28.9 Å². The van der Waals surface area contributed by atoms with Gasteiger partial charge in [-0.15, -0.1) is 0 Å². The quantitative estimate of drug-likeness (QED) is 0.0539. The number of anilines is 3. The number of aromatic nitrogens is 3. The largest absolute Gasteiger partial charge is 0.488 e. The number of carboxylic acids is 3. The number of pyridine rings is 3. The molecule has 23 nitrogen and oxygen atoms in total. The molecule has 23 heteroatoms. The fraction of sp³-hybridized carbons (Fsp3) is 0.471. The first-order chi connectivity index (χ1) is 60.7. The van der Waals surface area contributed by atoms with E-state index in [1.165, 1.54) is 66.8 Å². The molecule has 5 saturated heterocycles. The summed E-state index contributed by atoms with van der Waals surface area (Å²) < 4.78 is 47.5. The second kappa shape index (κ2) is 41.4. The van der Waals surface area contributed by atoms with Crippen molar-refractivity contribution in [2.24, 2.45) is 17.8 Å². The number of carboxylic acid groups (broad SMARTS) is 3. The van der Waals surface area contributed by atoms with Crippen molar-refractivity contribution in [2.45, 2.75) is 175 Å². The molecule has 0 amide bonds. The smallest absolute Gasteiger partial charge is 0.309 e. The maximum Gasteiger partial charge on any atom is 0.309 e. The lowest BCUT2D eigenvalue weighted by Gasteiger charge is -2.38. The summed E-state index contributed by atoms with van der Waals surface area (Å²) in [6, 6.07) is 51.5. The van der Waals surface area contributed by atoms with Crippen molar-refractivity contribution < 1.29 is 67.6 Å². The number of benzene rings is 6. The SMILES string of the molecule is CO[C@@H]1CN(c2cccc(-c3cccc(C)c3OCc3cc(C)c4c(c3)CCN(C3CCOCC3)C4)n2)CC[C@H]1C(=O)O.CO[C@@H]1CN(c2cccc(-c3cccc(C)c3OCc3ccc4c(c3C)CCN(C)CC4)n2)CC[C@@H]1C(=O)O.CO[C@H]1CN(c2cccc(-c3cccc(C)c3OCc3cc(C)c4c(c3)CCN(C3CCOCC3)C4)n2)CC[C@@H]1C(=O)O. The van der Waals surface area contributed by atoms with E-state index in [2.05, 4.69) is 151 Å². The number of hydrogen-bond donors (Lipinski definition) is 3. The molecule has 3 N–H and O–H groups in total. The van der Waals surface area contributed by atoms with Crippen molar-refractivity contribution in [3.8, 4) is 51.0 Å². The third-order valence-corrected chi connectivity index (χ3v) is 27.4. The minimum Gasteiger partial charge on any atom is -0.488 e. The van der Waals surface area contributed by atoms with Gasteiger partial charge in [0.1, 0.15) is 54.5 Å². The van der Waals surface area contributed by atoms with E-state index in [0.29, 0.717) is 90.4 Å². The van der Waals surface area contributed by atoms with Crippen LogP contribution in [-0.4, -0.2) is 214 Å². The Labute approximate surface area is 736 Å². The van der Waals surface area contributed by atoms with Crippen LogP contribution in [-0.2, 0) is 96.7 Å². The van der Waals surface area contributed by atoms with Crippen LogP contribution in [0.5, 0.6) is 17.2 Å². The van der Waals surface area contributed by atoms with E-state index < -0.39 is 35.7 Å². The zero-order chi connectivity index (χ0) is 87.4. The topological polar surface area (TPSA) is 244 Å². The molecule has 662 valence electrons. The highest BCUT2D eigenvalue weighted by Gasteiger charge is 2.39. The number of hydrogen-bond acceptors (Lipinski definition) is 20. The molecule has 6 aromatic carbocycles. The summed E-state index contributed by atoms with van der Waals surface area (Å²) in [7, 11) is 6.93. The number of fused-ring (bicyclic) bond motifs is 3. The predicted molar refractivity (Wildman–Crippen MR) is 487 cm³/mol. The summed E-state index contributed by atoms with van der Waals surface area (Å²) in [6.45, 7) is 27.7. The maximum absolute atomic E-state index is 11.7. The number of nitrogens with zero attached hydrogens (tertiary/aromatic N) is 9. The second-order valence-electron chi connectivity index (χ2n) is 35.2. The van der Waals surface area contributed by atoms with Crippen LogP contribution in [0.15, 0.2) is 146 Å². The lowest BCUT2D eigenvalue weighted by molar-refractivity contribution is -0.148. The number of piperidine rings is 3. The van der Waals surface area contributed by atoms with Gasteiger partial charge < -0.3 is 72.8 Å². The van der Waals surface area contributed by atoms with E-state index in [4.69, 9.17) is 52.8 Å². The van der Waals surface area contributed by atoms with Gasteiger partial charge in [0.2, 0.25) is 0 Å². The predicted octanol–water partition coefficient (Wildman–Crippen LogP) is 15.7. The highest BCUT2D eigenvalue weighted by molar-refractivity contribution is 5.76. The van der Waals surface area contributed by atoms with Crippen LogP contribution in [0.1, 0.15) is 128 Å². The lowest BCUT2D eigenvalue weighted by Crippen LogP contribution is -2.47. The van der Waals surface area contributed by atoms with Gasteiger partial charge in [-0.2, -0.15) is 0 Å². The van der Waals surface area contributed by atoms with E-state index in [9.17, 15) is 29.7 Å². The molecule has 0 saturated carbocycles. The second-order valence-corrected chi connectivity index (χ2v) is 35.2. The first-order valence-electron chi connectivity index (χ1n) is 44.9. The van der Waals surface area contributed by atoms with Gasteiger partial charge >= 0.3 is 17.9 Å². The summed E-state index contributed by atoms with van der Waals surface area (Å²) in [4.78, 5) is 64.0. The van der Waals surface area contributed by atoms with E-state index in [1.54, 1.807) is 21.3 Å². The molecule has 125 heavy (non-hydrogen) atoms. The molecule has 6 atom stereocenters. The molecule has 5 fully saturated rings. The van der Waals surface area contributed by atoms with Gasteiger partial charge in [-0.05, 0) is 257 Å². The first kappa shape index (κ1) is 89.5. The van der Waals surface area contributed by atoms with Gasteiger partial charge in [0, 0.05) is 155 Å². The van der Waals surface area contributed by atoms with E-state index in [0.717, 1.165) is 202 Å². The van der Waals surface area contributed by atoms with Gasteiger partial charge in [-0.1, -0.05) is 91.0 Å². The fourth-order valence-corrected chi connectivity index (χ4v) is 19.9. The highest BCUT2D eigenvalue weighted by Crippen LogP contribution is 2.41. The number of likely N-dealkylation sites (N-methyl/N-ethyl adjacent to an activating group) is 1. The molecule has 8 aliphatic rings. The monoisotopic (exact) mass is 1700 g/mol. The molecule has 0 unspecified atom stereocenters. The third kappa shape index (κ3) is 21.2. The normalized spacial score (nSPS) is 20.9. The number of ether oxygens (including phenoxy) is 8. The number of carbonyl (C=O) groups is 3. The first-order valence-corrected chi connectivity index (χ1v) is 44.9. The van der Waals surface area contributed by atoms with Crippen LogP contribution in [0.2, 0.25) is 0 Å². The molecule has 9 aromatic rings. The lowest BCUT2D eigenvalue weighted by atomic mass is 9.91. The minimum absolute atomic E-state index is 0.371. The van der Waals surface area contributed by atoms with Crippen molar-refractivity contribution in [1.82, 2.24) is 29.7 Å². The molecule has 17 rings (SSSR count). The van der Waals surface area contributed by atoms with E-state index in [1.807, 2.05) is 72.8 Å². The van der Waals surface area contributed by atoms with Crippen LogP contribution >= 0.6 is 0 Å². The third-order valence-electron chi connectivity index (χ3n) is 27.4. The van der Waals surface area contributed by atoms with Crippen molar-refractivity contribution in [3.05, 3.63) is 229 Å². The number of para-hydroxylation sites is 3. The molecular weight excluding hydrogens is 1580 g/mol. The average Bonchev–Trinajstić information content (AvgIpc) is 0.987. The Kier molecular flexibility index (Phi) is 29.6. The molecule has 8 aliphatic heterocycles. The van der Waals surface area contributed by atoms with Crippen molar-refractivity contribution >= 4 is 35.4 Å². The zero-order valence-corrected chi connectivity index (χ0v) is 74.5. The number of methoxy groups -OCH3 is 3. The van der Waals surface area contributed by atoms with E-state index in [-0.39, 0.29) is 18.3 Å². The number of aryl methyl sites for hydroxylation is 5. The Balaban J connectivity index is 0.000000145. The molecule has 11 heterocycles. The Hall–Kier alpha value is -10.3. The van der Waals surface area contributed by atoms with Crippen LogP contribution in [0.25, 0.3) is 33.8 Å². The molecule has 3 aromatic heterocycles. The minimum atomic E-state index is -0.805. The van der Waals surface area contributed by atoms with Crippen LogP contribution in [0.3, 0.4) is 0 Å². The van der Waals surface area contributed by atoms with Crippen molar-refractivity contribution in [2.75, 3.05) is 135 Å². The van der Waals surface area contributed by atoms with E-state index >= 15 is 0 Å². The summed E-state index contributed by atoms with van der Waals surface area (Å²) in [5.41, 5.74) is 25.0. The summed E-state index contributed by atoms with van der Waals surface area (Å²) in [6.07, 6.45) is 9.28. The van der Waals surface area contributed by atoms with Gasteiger partial charge in [-0.3, -0.25) is 24.2 Å². The molecule has 0 radical (unpaired) electrons. The van der Waals surface area contributed by atoms with Crippen molar-refractivity contribution in [3.63, 3.8) is 0 Å². The number of rotatable bonds is 23. The van der Waals surface area contributed by atoms with Gasteiger partial charge in [0.05, 0.1) is 53.1 Å². The average molecular weight is 1700 g/mol. The molecule has 0 spiro atoms. The van der Waals surface area contributed by atoms with Crippen LogP contribution in [0.4, 0.5) is 17.5 Å². The molecular formula is C102H125N9O14. The molecule has 0 aliphatic carbocycles. The summed E-state index contributed by atoms with van der Waals surface area (Å²) in [5, 5.41) is 28.7. The highest BCUT2D eigenvalue weighted by atomic mass is 16.5. The molecule has 0 bridgehead atoms.